The molecule has 1 amide bonds. The van der Waals surface area contributed by atoms with Gasteiger partial charge in [0.1, 0.15) is 11.5 Å². The van der Waals surface area contributed by atoms with Crippen LogP contribution in [0.2, 0.25) is 0 Å². The van der Waals surface area contributed by atoms with E-state index in [2.05, 4.69) is 15.5 Å². The lowest BCUT2D eigenvalue weighted by molar-refractivity contribution is -0.113. The highest BCUT2D eigenvalue weighted by Gasteiger charge is 2.20. The molecule has 1 unspecified atom stereocenters. The lowest BCUT2D eigenvalue weighted by Gasteiger charge is -2.16. The van der Waals surface area contributed by atoms with Crippen LogP contribution in [-0.4, -0.2) is 33.5 Å². The number of nitrogens with one attached hydrogen (secondary N) is 1. The second kappa shape index (κ2) is 10.3. The van der Waals surface area contributed by atoms with Crippen molar-refractivity contribution in [3.63, 3.8) is 0 Å². The van der Waals surface area contributed by atoms with Crippen LogP contribution in [0.4, 0.5) is 5.69 Å². The van der Waals surface area contributed by atoms with Gasteiger partial charge < -0.3 is 19.4 Å². The first-order valence-electron chi connectivity index (χ1n) is 10.1. The first kappa shape index (κ1) is 22.7. The fraction of sp³-hybridized carbons (Fsp3) is 0.348. The average molecular weight is 441 g/mol. The van der Waals surface area contributed by atoms with Crippen LogP contribution in [0.15, 0.2) is 47.6 Å². The van der Waals surface area contributed by atoms with Crippen LogP contribution >= 0.6 is 11.8 Å². The third kappa shape index (κ3) is 5.79. The van der Waals surface area contributed by atoms with Crippen LogP contribution in [0.5, 0.6) is 11.5 Å². The Morgan fingerprint density at radius 2 is 1.94 bits per heavy atom. The largest absolute Gasteiger partial charge is 0.497 e. The molecule has 0 aliphatic carbocycles. The summed E-state index contributed by atoms with van der Waals surface area (Å²) in [6, 6.07) is 13.4. The van der Waals surface area contributed by atoms with Gasteiger partial charge in [0.15, 0.2) is 17.1 Å². The highest BCUT2D eigenvalue weighted by Crippen LogP contribution is 2.27. The van der Waals surface area contributed by atoms with Gasteiger partial charge in [0.2, 0.25) is 5.91 Å². The van der Waals surface area contributed by atoms with Crippen LogP contribution in [-0.2, 0) is 11.3 Å². The first-order chi connectivity index (χ1) is 14.9. The quantitative estimate of drug-likeness (QED) is 0.482. The van der Waals surface area contributed by atoms with Crippen molar-refractivity contribution in [2.75, 3.05) is 18.2 Å². The van der Waals surface area contributed by atoms with E-state index in [1.165, 1.54) is 11.8 Å². The molecule has 1 atom stereocenters. The predicted octanol–water partition coefficient (Wildman–Crippen LogP) is 4.79. The summed E-state index contributed by atoms with van der Waals surface area (Å²) in [5.41, 5.74) is 2.98. The third-order valence-corrected chi connectivity index (χ3v) is 5.75. The fourth-order valence-corrected chi connectivity index (χ4v) is 3.93. The molecule has 0 bridgehead atoms. The van der Waals surface area contributed by atoms with Gasteiger partial charge in [-0.05, 0) is 57.0 Å². The minimum atomic E-state index is -0.308. The minimum Gasteiger partial charge on any atom is -0.497 e. The summed E-state index contributed by atoms with van der Waals surface area (Å²) in [5.74, 6) is 2.30. The number of hydrogen-bond donors (Lipinski definition) is 1. The van der Waals surface area contributed by atoms with Crippen LogP contribution in [0.25, 0.3) is 0 Å². The minimum absolute atomic E-state index is 0.0772. The number of aryl methyl sites for hydroxylation is 2. The van der Waals surface area contributed by atoms with Gasteiger partial charge in [0.25, 0.3) is 0 Å². The number of hydrogen-bond acceptors (Lipinski definition) is 6. The molecule has 1 aromatic heterocycles. The van der Waals surface area contributed by atoms with E-state index in [0.29, 0.717) is 23.3 Å². The molecule has 0 saturated heterocycles. The van der Waals surface area contributed by atoms with Gasteiger partial charge in [-0.25, -0.2) is 0 Å². The van der Waals surface area contributed by atoms with Crippen molar-refractivity contribution in [3.05, 3.63) is 59.4 Å². The summed E-state index contributed by atoms with van der Waals surface area (Å²) in [5, 5.41) is 12.3. The van der Waals surface area contributed by atoms with E-state index in [1.54, 1.807) is 7.11 Å². The number of rotatable bonds is 9. The third-order valence-electron chi connectivity index (χ3n) is 4.78. The number of amides is 1. The summed E-state index contributed by atoms with van der Waals surface area (Å²) in [6.45, 7) is 8.60. The maximum Gasteiger partial charge on any atom is 0.234 e. The van der Waals surface area contributed by atoms with E-state index in [-0.39, 0.29) is 17.8 Å². The van der Waals surface area contributed by atoms with E-state index in [1.807, 2.05) is 74.7 Å². The van der Waals surface area contributed by atoms with E-state index < -0.39 is 0 Å². The van der Waals surface area contributed by atoms with Gasteiger partial charge in [-0.3, -0.25) is 4.79 Å². The molecule has 3 rings (SSSR count). The summed E-state index contributed by atoms with van der Waals surface area (Å²) in [6.07, 6.45) is -0.308. The molecular weight excluding hydrogens is 412 g/mol. The van der Waals surface area contributed by atoms with Crippen molar-refractivity contribution in [1.29, 1.82) is 0 Å². The monoisotopic (exact) mass is 440 g/mol. The Hall–Kier alpha value is -3.00. The molecule has 8 heteroatoms. The average Bonchev–Trinajstić information content (AvgIpc) is 3.18. The van der Waals surface area contributed by atoms with Gasteiger partial charge >= 0.3 is 0 Å². The van der Waals surface area contributed by atoms with Gasteiger partial charge in [-0.1, -0.05) is 30.0 Å². The van der Waals surface area contributed by atoms with E-state index in [9.17, 15) is 4.79 Å². The highest BCUT2D eigenvalue weighted by atomic mass is 32.2. The number of carbonyl (C=O) groups excluding carboxylic acids is 1. The molecule has 0 fully saturated rings. The van der Waals surface area contributed by atoms with Crippen molar-refractivity contribution in [3.8, 4) is 11.5 Å². The zero-order valence-electron chi connectivity index (χ0n) is 18.5. The number of anilines is 1. The Bertz CT molecular complexity index is 1050. The highest BCUT2D eigenvalue weighted by molar-refractivity contribution is 7.99. The number of methoxy groups -OCH3 is 1. The predicted molar refractivity (Wildman–Crippen MR) is 123 cm³/mol. The van der Waals surface area contributed by atoms with E-state index >= 15 is 0 Å². The number of thioether (sulfide) groups is 1. The molecule has 1 N–H and O–H groups in total. The van der Waals surface area contributed by atoms with Gasteiger partial charge in [-0.15, -0.1) is 10.2 Å². The van der Waals surface area contributed by atoms with Crippen molar-refractivity contribution < 1.29 is 14.3 Å². The molecule has 0 radical (unpaired) electrons. The van der Waals surface area contributed by atoms with Gasteiger partial charge in [-0.2, -0.15) is 0 Å². The molecular formula is C23H28N4O3S. The van der Waals surface area contributed by atoms with Crippen LogP contribution in [0.1, 0.15) is 36.9 Å². The number of carbonyl (C=O) groups is 1. The smallest absolute Gasteiger partial charge is 0.234 e. The van der Waals surface area contributed by atoms with Crippen LogP contribution in [0, 0.1) is 13.8 Å². The summed E-state index contributed by atoms with van der Waals surface area (Å²) in [7, 11) is 1.62. The van der Waals surface area contributed by atoms with Crippen molar-refractivity contribution >= 4 is 23.4 Å². The Morgan fingerprint density at radius 3 is 2.68 bits per heavy atom. The Morgan fingerprint density at radius 1 is 1.16 bits per heavy atom. The molecule has 0 spiro atoms. The zero-order valence-corrected chi connectivity index (χ0v) is 19.3. The summed E-state index contributed by atoms with van der Waals surface area (Å²) in [4.78, 5) is 12.5. The number of benzene rings is 2. The summed E-state index contributed by atoms with van der Waals surface area (Å²) >= 11 is 1.36. The van der Waals surface area contributed by atoms with Crippen LogP contribution < -0.4 is 14.8 Å². The van der Waals surface area contributed by atoms with Crippen molar-refractivity contribution in [2.24, 2.45) is 0 Å². The molecule has 0 aliphatic rings. The number of aromatic nitrogens is 3. The van der Waals surface area contributed by atoms with E-state index in [4.69, 9.17) is 9.47 Å². The van der Waals surface area contributed by atoms with Gasteiger partial charge in [0, 0.05) is 18.3 Å². The van der Waals surface area contributed by atoms with Crippen LogP contribution in [0.3, 0.4) is 0 Å². The lowest BCUT2D eigenvalue weighted by atomic mass is 10.1. The van der Waals surface area contributed by atoms with Gasteiger partial charge in [0.05, 0.1) is 12.9 Å². The zero-order chi connectivity index (χ0) is 22.4. The summed E-state index contributed by atoms with van der Waals surface area (Å²) < 4.78 is 13.3. The second-order valence-electron chi connectivity index (χ2n) is 7.18. The standard InChI is InChI=1S/C23H28N4O3S/c1-6-27-22(17(4)30-19-9-7-8-18(13-19)29-5)25-26-23(27)31-14-21(28)24-20-12-15(2)10-11-16(20)3/h7-13,17H,6,14H2,1-5H3,(H,24,28). The molecule has 2 aromatic carbocycles. The normalized spacial score (nSPS) is 11.8. The van der Waals surface area contributed by atoms with E-state index in [0.717, 1.165) is 22.6 Å². The Balaban J connectivity index is 1.65. The SMILES string of the molecule is CCn1c(SCC(=O)Nc2cc(C)ccc2C)nnc1C(C)Oc1cccc(OC)c1. The lowest BCUT2D eigenvalue weighted by Crippen LogP contribution is -2.16. The molecule has 1 heterocycles. The Kier molecular flexibility index (Phi) is 7.57. The Labute approximate surface area is 187 Å². The molecule has 0 aliphatic heterocycles. The fourth-order valence-electron chi connectivity index (χ4n) is 3.12. The second-order valence-corrected chi connectivity index (χ2v) is 8.12. The number of ether oxygens (including phenoxy) is 2. The molecule has 164 valence electrons. The molecule has 3 aromatic rings. The molecule has 0 saturated carbocycles. The molecule has 7 nitrogen and oxygen atoms in total. The maximum atomic E-state index is 12.5. The topological polar surface area (TPSA) is 78.3 Å². The number of nitrogens with zero attached hydrogens (tertiary/aromatic N) is 3. The first-order valence-corrected chi connectivity index (χ1v) is 11.1. The van der Waals surface area contributed by atoms with Crippen molar-refractivity contribution in [1.82, 2.24) is 14.8 Å². The maximum absolute atomic E-state index is 12.5. The van der Waals surface area contributed by atoms with Crippen molar-refractivity contribution in [2.45, 2.75) is 45.5 Å². The molecule has 31 heavy (non-hydrogen) atoms.